The zero-order valence-corrected chi connectivity index (χ0v) is 11.2. The maximum absolute atomic E-state index is 11.7. The van der Waals surface area contributed by atoms with Crippen LogP contribution in [0.3, 0.4) is 0 Å². The van der Waals surface area contributed by atoms with Crippen molar-refractivity contribution < 1.29 is 4.79 Å². The van der Waals surface area contributed by atoms with Crippen molar-refractivity contribution in [3.63, 3.8) is 0 Å². The zero-order valence-electron chi connectivity index (χ0n) is 9.65. The average Bonchev–Trinajstić information content (AvgIpc) is 2.76. The molecule has 2 rings (SSSR count). The molecule has 1 amide bonds. The molecule has 1 aromatic carbocycles. The minimum atomic E-state index is -0.00991. The fourth-order valence-electron chi connectivity index (χ4n) is 1.52. The Hall–Kier alpha value is -1.52. The van der Waals surface area contributed by atoms with E-state index in [0.717, 1.165) is 14.8 Å². The summed E-state index contributed by atoms with van der Waals surface area (Å²) >= 11 is 7.29. The summed E-state index contributed by atoms with van der Waals surface area (Å²) in [6.07, 6.45) is 0.361. The maximum Gasteiger partial charge on any atom is 0.224 e. The Morgan fingerprint density at radius 2 is 1.94 bits per heavy atom. The van der Waals surface area contributed by atoms with E-state index in [4.69, 9.17) is 17.3 Å². The number of halogens is 1. The van der Waals surface area contributed by atoms with E-state index in [-0.39, 0.29) is 5.91 Å². The summed E-state index contributed by atoms with van der Waals surface area (Å²) in [6.45, 7) is 0.519. The van der Waals surface area contributed by atoms with E-state index in [1.165, 1.54) is 11.3 Å². The molecule has 0 aliphatic carbocycles. The number of rotatable bonds is 4. The molecule has 0 radical (unpaired) electrons. The lowest BCUT2D eigenvalue weighted by Gasteiger charge is -2.04. The van der Waals surface area contributed by atoms with Crippen LogP contribution in [0.1, 0.15) is 10.4 Å². The third kappa shape index (κ3) is 3.75. The van der Waals surface area contributed by atoms with Crippen LogP contribution in [0.4, 0.5) is 5.69 Å². The van der Waals surface area contributed by atoms with Crippen LogP contribution in [0, 0.1) is 0 Å². The van der Waals surface area contributed by atoms with Gasteiger partial charge in [-0.3, -0.25) is 4.79 Å². The van der Waals surface area contributed by atoms with Crippen molar-refractivity contribution in [3.8, 4) is 0 Å². The highest BCUT2D eigenvalue weighted by atomic mass is 35.5. The Labute approximate surface area is 115 Å². The maximum atomic E-state index is 11.7. The molecule has 0 spiro atoms. The first-order chi connectivity index (χ1) is 8.63. The Bertz CT molecular complexity index is 536. The lowest BCUT2D eigenvalue weighted by Crippen LogP contribution is -2.24. The quantitative estimate of drug-likeness (QED) is 0.846. The fourth-order valence-corrected chi connectivity index (χ4v) is 2.54. The number of amides is 1. The first-order valence-corrected chi connectivity index (χ1v) is 6.68. The Kier molecular flexibility index (Phi) is 4.23. The largest absolute Gasteiger partial charge is 0.399 e. The summed E-state index contributed by atoms with van der Waals surface area (Å²) in [5.74, 6) is -0.00991. The van der Waals surface area contributed by atoms with Gasteiger partial charge in [0.05, 0.1) is 17.3 Å². The number of benzene rings is 1. The predicted octanol–water partition coefficient (Wildman–Crippen LogP) is 2.84. The summed E-state index contributed by atoms with van der Waals surface area (Å²) in [7, 11) is 0. The molecular weight excluding hydrogens is 268 g/mol. The highest BCUT2D eigenvalue weighted by Crippen LogP contribution is 2.20. The molecule has 0 saturated carbocycles. The zero-order chi connectivity index (χ0) is 13.0. The van der Waals surface area contributed by atoms with E-state index in [2.05, 4.69) is 5.32 Å². The molecule has 0 unspecified atom stereocenters. The number of nitrogen functional groups attached to an aromatic ring is 1. The fraction of sp³-hybridized carbons (Fsp3) is 0.154. The Morgan fingerprint density at radius 3 is 2.56 bits per heavy atom. The molecule has 0 saturated heterocycles. The van der Waals surface area contributed by atoms with Gasteiger partial charge < -0.3 is 11.1 Å². The van der Waals surface area contributed by atoms with Gasteiger partial charge in [-0.2, -0.15) is 0 Å². The van der Waals surface area contributed by atoms with Crippen LogP contribution in [-0.4, -0.2) is 5.91 Å². The number of hydrogen-bond acceptors (Lipinski definition) is 3. The third-order valence-electron chi connectivity index (χ3n) is 2.43. The van der Waals surface area contributed by atoms with Crippen molar-refractivity contribution in [1.29, 1.82) is 0 Å². The first-order valence-electron chi connectivity index (χ1n) is 5.49. The number of nitrogens with one attached hydrogen (secondary N) is 1. The second kappa shape index (κ2) is 5.89. The van der Waals surface area contributed by atoms with Gasteiger partial charge in [-0.1, -0.05) is 23.7 Å². The second-order valence-corrected chi connectivity index (χ2v) is 5.70. The van der Waals surface area contributed by atoms with Crippen molar-refractivity contribution in [1.82, 2.24) is 5.32 Å². The predicted molar refractivity (Wildman–Crippen MR) is 75.7 cm³/mol. The van der Waals surface area contributed by atoms with Gasteiger partial charge in [0.1, 0.15) is 0 Å². The van der Waals surface area contributed by atoms with Gasteiger partial charge in [-0.15, -0.1) is 11.3 Å². The second-order valence-electron chi connectivity index (χ2n) is 3.90. The molecule has 1 heterocycles. The molecule has 0 fully saturated rings. The third-order valence-corrected chi connectivity index (χ3v) is 3.66. The molecule has 1 aromatic heterocycles. The molecule has 0 aliphatic rings. The molecule has 5 heteroatoms. The normalized spacial score (nSPS) is 10.3. The van der Waals surface area contributed by atoms with Crippen LogP contribution in [0.25, 0.3) is 0 Å². The lowest BCUT2D eigenvalue weighted by molar-refractivity contribution is -0.120. The van der Waals surface area contributed by atoms with Gasteiger partial charge in [0.15, 0.2) is 0 Å². The number of thiophene rings is 1. The molecule has 0 bridgehead atoms. The molecule has 0 atom stereocenters. The van der Waals surface area contributed by atoms with E-state index in [1.54, 1.807) is 12.1 Å². The molecule has 18 heavy (non-hydrogen) atoms. The lowest BCUT2D eigenvalue weighted by atomic mass is 10.1. The number of hydrogen-bond donors (Lipinski definition) is 2. The first kappa shape index (κ1) is 12.9. The molecule has 2 aromatic rings. The number of nitrogens with two attached hydrogens (primary N) is 1. The summed E-state index contributed by atoms with van der Waals surface area (Å²) in [4.78, 5) is 12.8. The van der Waals surface area contributed by atoms with Crippen LogP contribution in [0.5, 0.6) is 0 Å². The summed E-state index contributed by atoms with van der Waals surface area (Å²) < 4.78 is 0.734. The molecular formula is C13H13ClN2OS. The van der Waals surface area contributed by atoms with Crippen LogP contribution >= 0.6 is 22.9 Å². The average molecular weight is 281 g/mol. The summed E-state index contributed by atoms with van der Waals surface area (Å²) in [6, 6.07) is 11.0. The molecule has 94 valence electrons. The Balaban J connectivity index is 1.83. The number of carbonyl (C=O) groups is 1. The van der Waals surface area contributed by atoms with Crippen LogP contribution in [0.2, 0.25) is 4.34 Å². The van der Waals surface area contributed by atoms with E-state index in [1.807, 2.05) is 24.3 Å². The van der Waals surface area contributed by atoms with Gasteiger partial charge in [0.2, 0.25) is 5.91 Å². The topological polar surface area (TPSA) is 55.1 Å². The highest BCUT2D eigenvalue weighted by molar-refractivity contribution is 7.16. The van der Waals surface area contributed by atoms with Crippen molar-refractivity contribution >= 4 is 34.5 Å². The van der Waals surface area contributed by atoms with Crippen LogP contribution in [0.15, 0.2) is 36.4 Å². The van der Waals surface area contributed by atoms with Gasteiger partial charge in [0, 0.05) is 10.6 Å². The SMILES string of the molecule is Nc1ccc(CC(=O)NCc2ccc(Cl)s2)cc1. The standard InChI is InChI=1S/C13H13ClN2OS/c14-12-6-5-11(18-12)8-16-13(17)7-9-1-3-10(15)4-2-9/h1-6H,7-8,15H2,(H,16,17). The van der Waals surface area contributed by atoms with Gasteiger partial charge >= 0.3 is 0 Å². The van der Waals surface area contributed by atoms with E-state index in [9.17, 15) is 4.79 Å². The molecule has 3 nitrogen and oxygen atoms in total. The minimum Gasteiger partial charge on any atom is -0.399 e. The molecule has 0 aliphatic heterocycles. The summed E-state index contributed by atoms with van der Waals surface area (Å²) in [5, 5.41) is 2.86. The van der Waals surface area contributed by atoms with Gasteiger partial charge in [0.25, 0.3) is 0 Å². The van der Waals surface area contributed by atoms with E-state index < -0.39 is 0 Å². The van der Waals surface area contributed by atoms with Crippen molar-refractivity contribution in [2.45, 2.75) is 13.0 Å². The van der Waals surface area contributed by atoms with Gasteiger partial charge in [-0.05, 0) is 29.8 Å². The van der Waals surface area contributed by atoms with Crippen LogP contribution < -0.4 is 11.1 Å². The summed E-state index contributed by atoms with van der Waals surface area (Å²) in [5.41, 5.74) is 7.23. The van der Waals surface area contributed by atoms with Crippen LogP contribution in [-0.2, 0) is 17.8 Å². The monoisotopic (exact) mass is 280 g/mol. The van der Waals surface area contributed by atoms with Crippen molar-refractivity contribution in [3.05, 3.63) is 51.2 Å². The smallest absolute Gasteiger partial charge is 0.224 e. The minimum absolute atomic E-state index is 0.00991. The van der Waals surface area contributed by atoms with Gasteiger partial charge in [-0.25, -0.2) is 0 Å². The number of anilines is 1. The highest BCUT2D eigenvalue weighted by Gasteiger charge is 2.04. The number of carbonyl (C=O) groups excluding carboxylic acids is 1. The van der Waals surface area contributed by atoms with E-state index >= 15 is 0 Å². The molecule has 3 N–H and O–H groups in total. The Morgan fingerprint density at radius 1 is 1.22 bits per heavy atom. The van der Waals surface area contributed by atoms with Crippen molar-refractivity contribution in [2.75, 3.05) is 5.73 Å². The van der Waals surface area contributed by atoms with Crippen molar-refractivity contribution in [2.24, 2.45) is 0 Å². The van der Waals surface area contributed by atoms with E-state index in [0.29, 0.717) is 18.7 Å².